The van der Waals surface area contributed by atoms with Crippen molar-refractivity contribution >= 4 is 33.6 Å². The average molecular weight is 403 g/mol. The fourth-order valence-electron chi connectivity index (χ4n) is 2.36. The Hall–Kier alpha value is -2.47. The zero-order valence-electron chi connectivity index (χ0n) is 14.3. The Morgan fingerprint density at radius 2 is 2.00 bits per heavy atom. The van der Waals surface area contributed by atoms with Crippen LogP contribution >= 0.6 is 15.9 Å². The highest BCUT2D eigenvalue weighted by Gasteiger charge is 2.17. The van der Waals surface area contributed by atoms with Crippen molar-refractivity contribution in [1.29, 1.82) is 0 Å². The number of nitro groups is 1. The van der Waals surface area contributed by atoms with Gasteiger partial charge < -0.3 is 4.90 Å². The maximum atomic E-state index is 12.4. The van der Waals surface area contributed by atoms with E-state index in [1.54, 1.807) is 30.2 Å². The number of carbonyl (C=O) groups excluding carboxylic acids is 1. The minimum absolute atomic E-state index is 0.0179. The lowest BCUT2D eigenvalue weighted by molar-refractivity contribution is -0.384. The van der Waals surface area contributed by atoms with Gasteiger partial charge in [0.1, 0.15) is 0 Å². The number of hydrogen-bond donors (Lipinski definition) is 0. The third kappa shape index (κ3) is 4.76. The summed E-state index contributed by atoms with van der Waals surface area (Å²) in [6, 6.07) is 12.0. The molecule has 0 fully saturated rings. The first kappa shape index (κ1) is 18.9. The first-order valence-corrected chi connectivity index (χ1v) is 8.54. The second kappa shape index (κ2) is 8.07. The number of benzene rings is 2. The van der Waals surface area contributed by atoms with E-state index in [1.807, 2.05) is 32.0 Å². The van der Waals surface area contributed by atoms with Gasteiger partial charge >= 0.3 is 0 Å². The SMILES string of the molecule is Cc1ccc(/C=C/C(=O)N(C)[C@@H](C)c2cccc([N+](=O)[O-])c2)c(Br)c1. The van der Waals surface area contributed by atoms with Gasteiger partial charge in [-0.3, -0.25) is 14.9 Å². The molecule has 0 aliphatic heterocycles. The van der Waals surface area contributed by atoms with Crippen molar-refractivity contribution in [3.63, 3.8) is 0 Å². The monoisotopic (exact) mass is 402 g/mol. The van der Waals surface area contributed by atoms with Gasteiger partial charge in [0.15, 0.2) is 0 Å². The van der Waals surface area contributed by atoms with Crippen LogP contribution in [0.1, 0.15) is 29.7 Å². The van der Waals surface area contributed by atoms with E-state index in [4.69, 9.17) is 0 Å². The van der Waals surface area contributed by atoms with Gasteiger partial charge in [-0.25, -0.2) is 0 Å². The number of halogens is 1. The van der Waals surface area contributed by atoms with Crippen LogP contribution < -0.4 is 0 Å². The molecule has 2 aromatic rings. The first-order chi connectivity index (χ1) is 11.8. The van der Waals surface area contributed by atoms with Crippen LogP contribution in [0.4, 0.5) is 5.69 Å². The minimum atomic E-state index is -0.438. The summed E-state index contributed by atoms with van der Waals surface area (Å²) in [5.41, 5.74) is 2.78. The molecule has 1 atom stereocenters. The number of amides is 1. The van der Waals surface area contributed by atoms with Crippen LogP contribution in [0.15, 0.2) is 53.0 Å². The van der Waals surface area contributed by atoms with Crippen LogP contribution in [0.5, 0.6) is 0 Å². The Labute approximate surface area is 155 Å². The number of nitro benzene ring substituents is 1. The quantitative estimate of drug-likeness (QED) is 0.405. The number of carbonyl (C=O) groups is 1. The maximum Gasteiger partial charge on any atom is 0.269 e. The van der Waals surface area contributed by atoms with Crippen molar-refractivity contribution in [2.24, 2.45) is 0 Å². The van der Waals surface area contributed by atoms with E-state index in [9.17, 15) is 14.9 Å². The summed E-state index contributed by atoms with van der Waals surface area (Å²) in [5, 5.41) is 10.9. The molecule has 5 nitrogen and oxygen atoms in total. The van der Waals surface area contributed by atoms with Crippen LogP contribution in [0, 0.1) is 17.0 Å². The van der Waals surface area contributed by atoms with Crippen LogP contribution in [0.2, 0.25) is 0 Å². The molecule has 0 aliphatic carbocycles. The van der Waals surface area contributed by atoms with Crippen LogP contribution in [-0.2, 0) is 4.79 Å². The topological polar surface area (TPSA) is 63.5 Å². The lowest BCUT2D eigenvalue weighted by Crippen LogP contribution is -2.28. The maximum absolute atomic E-state index is 12.4. The third-order valence-corrected chi connectivity index (χ3v) is 4.74. The zero-order valence-corrected chi connectivity index (χ0v) is 15.9. The van der Waals surface area contributed by atoms with Gasteiger partial charge in [0, 0.05) is 29.7 Å². The van der Waals surface area contributed by atoms with Gasteiger partial charge in [0.2, 0.25) is 5.91 Å². The molecule has 130 valence electrons. The molecule has 0 saturated heterocycles. The molecule has 0 aromatic heterocycles. The van der Waals surface area contributed by atoms with E-state index in [2.05, 4.69) is 15.9 Å². The highest BCUT2D eigenvalue weighted by Crippen LogP contribution is 2.24. The molecule has 0 heterocycles. The third-order valence-electron chi connectivity index (χ3n) is 4.05. The Morgan fingerprint density at radius 3 is 2.64 bits per heavy atom. The summed E-state index contributed by atoms with van der Waals surface area (Å²) in [6.07, 6.45) is 3.26. The average Bonchev–Trinajstić information content (AvgIpc) is 2.59. The van der Waals surface area contributed by atoms with Crippen molar-refractivity contribution in [1.82, 2.24) is 4.90 Å². The molecule has 0 bridgehead atoms. The Bertz CT molecular complexity index is 833. The number of non-ortho nitro benzene ring substituents is 1. The Morgan fingerprint density at radius 1 is 1.28 bits per heavy atom. The van der Waals surface area contributed by atoms with Crippen molar-refractivity contribution in [3.05, 3.63) is 79.8 Å². The van der Waals surface area contributed by atoms with Crippen LogP contribution in [0.25, 0.3) is 6.08 Å². The number of aryl methyl sites for hydroxylation is 1. The van der Waals surface area contributed by atoms with Crippen molar-refractivity contribution in [3.8, 4) is 0 Å². The molecule has 0 spiro atoms. The normalized spacial score (nSPS) is 12.2. The predicted molar refractivity (Wildman–Crippen MR) is 102 cm³/mol. The van der Waals surface area contributed by atoms with E-state index < -0.39 is 4.92 Å². The van der Waals surface area contributed by atoms with Crippen molar-refractivity contribution in [2.75, 3.05) is 7.05 Å². The van der Waals surface area contributed by atoms with Crippen molar-refractivity contribution < 1.29 is 9.72 Å². The van der Waals surface area contributed by atoms with Crippen molar-refractivity contribution in [2.45, 2.75) is 19.9 Å². The fraction of sp³-hybridized carbons (Fsp3) is 0.211. The Balaban J connectivity index is 2.14. The summed E-state index contributed by atoms with van der Waals surface area (Å²) < 4.78 is 0.922. The molecule has 0 N–H and O–H groups in total. The molecule has 2 rings (SSSR count). The highest BCUT2D eigenvalue weighted by molar-refractivity contribution is 9.10. The van der Waals surface area contributed by atoms with E-state index in [0.29, 0.717) is 0 Å². The minimum Gasteiger partial charge on any atom is -0.335 e. The molecule has 2 aromatic carbocycles. The largest absolute Gasteiger partial charge is 0.335 e. The molecular formula is C19H19BrN2O3. The lowest BCUT2D eigenvalue weighted by Gasteiger charge is -2.24. The summed E-state index contributed by atoms with van der Waals surface area (Å²) in [5.74, 6) is -0.175. The number of hydrogen-bond acceptors (Lipinski definition) is 3. The molecule has 6 heteroatoms. The summed E-state index contributed by atoms with van der Waals surface area (Å²) >= 11 is 3.48. The van der Waals surface area contributed by atoms with Gasteiger partial charge in [-0.1, -0.05) is 40.2 Å². The predicted octanol–water partition coefficient (Wildman–Crippen LogP) is 4.90. The number of nitrogens with zero attached hydrogens (tertiary/aromatic N) is 2. The van der Waals surface area contributed by atoms with Crippen LogP contribution in [-0.4, -0.2) is 22.8 Å². The van der Waals surface area contributed by atoms with Gasteiger partial charge in [-0.15, -0.1) is 0 Å². The standard InChI is InChI=1S/C19H19BrN2O3/c1-13-7-8-15(18(20)11-13)9-10-19(23)21(3)14(2)16-5-4-6-17(12-16)22(24)25/h4-12,14H,1-3H3/b10-9+/t14-/m0/s1. The second-order valence-corrected chi connectivity index (χ2v) is 6.69. The second-order valence-electron chi connectivity index (χ2n) is 5.84. The first-order valence-electron chi connectivity index (χ1n) is 7.75. The van der Waals surface area contributed by atoms with E-state index in [-0.39, 0.29) is 17.6 Å². The summed E-state index contributed by atoms with van der Waals surface area (Å²) in [4.78, 5) is 24.4. The summed E-state index contributed by atoms with van der Waals surface area (Å²) in [6.45, 7) is 3.84. The van der Waals surface area contributed by atoms with Gasteiger partial charge in [0.25, 0.3) is 5.69 Å². The number of rotatable bonds is 5. The smallest absolute Gasteiger partial charge is 0.269 e. The molecule has 0 unspecified atom stereocenters. The van der Waals surface area contributed by atoms with E-state index in [1.165, 1.54) is 18.2 Å². The molecular weight excluding hydrogens is 384 g/mol. The fourth-order valence-corrected chi connectivity index (χ4v) is 2.98. The molecule has 0 radical (unpaired) electrons. The van der Waals surface area contributed by atoms with Gasteiger partial charge in [-0.2, -0.15) is 0 Å². The van der Waals surface area contributed by atoms with Crippen LogP contribution in [0.3, 0.4) is 0 Å². The van der Waals surface area contributed by atoms with Gasteiger partial charge in [0.05, 0.1) is 11.0 Å². The Kier molecular flexibility index (Phi) is 6.09. The summed E-state index contributed by atoms with van der Waals surface area (Å²) in [7, 11) is 1.68. The number of likely N-dealkylation sites (N-methyl/N-ethyl adjacent to an activating group) is 1. The van der Waals surface area contributed by atoms with E-state index >= 15 is 0 Å². The zero-order chi connectivity index (χ0) is 18.6. The van der Waals surface area contributed by atoms with Gasteiger partial charge in [-0.05, 0) is 42.7 Å². The molecule has 25 heavy (non-hydrogen) atoms. The highest BCUT2D eigenvalue weighted by atomic mass is 79.9. The molecule has 0 saturated carbocycles. The lowest BCUT2D eigenvalue weighted by atomic mass is 10.1. The molecule has 1 amide bonds. The van der Waals surface area contributed by atoms with E-state index in [0.717, 1.165) is 21.2 Å². The molecule has 0 aliphatic rings.